The Balaban J connectivity index is -0.00000000396. The van der Waals surface area contributed by atoms with Crippen molar-refractivity contribution >= 4 is 117 Å². The smallest absolute Gasteiger partial charge is 1.00 e. The third kappa shape index (κ3) is 284. The van der Waals surface area contributed by atoms with Crippen LogP contribution in [0, 0.1) is 0 Å². The Morgan fingerprint density at radius 2 is 0.385 bits per heavy atom. The molecule has 88 valence electrons. The normalized spacial score (nSPS) is 2.77. The molecule has 0 atom stereocenters. The van der Waals surface area contributed by atoms with E-state index in [4.69, 9.17) is 28.0 Å². The molecule has 0 saturated heterocycles. The third-order valence-corrected chi connectivity index (χ3v) is 0. The molecule has 0 bridgehead atoms. The molecule has 0 fully saturated rings. The summed E-state index contributed by atoms with van der Waals surface area (Å²) in [6, 6.07) is 0. The summed E-state index contributed by atoms with van der Waals surface area (Å²) in [5.74, 6) is 0. The van der Waals surface area contributed by atoms with Crippen molar-refractivity contribution in [3.05, 3.63) is 0 Å². The Kier molecular flexibility index (Phi) is 1130. The predicted molar refractivity (Wildman–Crippen MR) is 56.4 cm³/mol. The average molecular weight is 404 g/mol. The summed E-state index contributed by atoms with van der Waals surface area (Å²) in [6.45, 7) is 0. The van der Waals surface area contributed by atoms with Crippen molar-refractivity contribution in [2.45, 2.75) is 0 Å². The summed E-state index contributed by atoms with van der Waals surface area (Å²) in [5, 5.41) is 0. The monoisotopic (exact) mass is 402 g/mol. The predicted octanol–water partition coefficient (Wildman–Crippen LogP) is 0.639. The van der Waals surface area contributed by atoms with Crippen molar-refractivity contribution in [1.29, 1.82) is 0 Å². The molecular formula is H8Cl6O6Sr. The van der Waals surface area contributed by atoms with Gasteiger partial charge in [0.1, 0.15) is 0 Å². The third-order valence-electron chi connectivity index (χ3n) is 0. The van der Waals surface area contributed by atoms with Crippen LogP contribution < -0.4 is 0 Å². The molecule has 13 heteroatoms. The zero-order valence-electron chi connectivity index (χ0n) is 7.66. The second kappa shape index (κ2) is 330. The topological polar surface area (TPSA) is 121 Å². The van der Waals surface area contributed by atoms with E-state index < -0.39 is 0 Å². The zero-order chi connectivity index (χ0) is 12.0. The minimum atomic E-state index is 0. The van der Waals surface area contributed by atoms with Crippen LogP contribution in [0.3, 0.4) is 0 Å². The van der Waals surface area contributed by atoms with E-state index in [-0.39, 0.29) is 48.3 Å². The largest absolute Gasteiger partial charge is 2.00 e. The van der Waals surface area contributed by atoms with Crippen molar-refractivity contribution in [2.24, 2.45) is 0 Å². The van der Waals surface area contributed by atoms with Crippen LogP contribution in [0.5, 0.6) is 0 Å². The minimum Gasteiger partial charge on any atom is -1.00 e. The van der Waals surface area contributed by atoms with E-state index >= 15 is 0 Å². The Bertz CT molecular complexity index is 25.6. The second-order valence-corrected chi connectivity index (χ2v) is 0. The van der Waals surface area contributed by atoms with Gasteiger partial charge in [0.2, 0.25) is 0 Å². The molecule has 0 spiro atoms. The van der Waals surface area contributed by atoms with Gasteiger partial charge in [-0.1, -0.05) is 0 Å². The molecule has 0 radical (unpaired) electrons. The average Bonchev–Trinajstić information content (AvgIpc) is 2.33. The van der Waals surface area contributed by atoms with E-state index in [9.17, 15) is 0 Å². The van der Waals surface area contributed by atoms with Gasteiger partial charge in [-0.15, -0.1) is 0 Å². The Morgan fingerprint density at radius 3 is 0.385 bits per heavy atom. The summed E-state index contributed by atoms with van der Waals surface area (Å²) in [4.78, 5) is 0. The number of hydrogen-bond donors (Lipinski definition) is 6. The molecule has 0 aliphatic carbocycles. The number of halogens is 6. The maximum Gasteiger partial charge on any atom is 2.00 e. The van der Waals surface area contributed by atoms with E-state index in [1.54, 1.807) is 0 Å². The van der Waals surface area contributed by atoms with Gasteiger partial charge in [-0.25, -0.2) is 0 Å². The van der Waals surface area contributed by atoms with Gasteiger partial charge in [-0.05, 0) is 0 Å². The molecule has 0 heterocycles. The van der Waals surface area contributed by atoms with Gasteiger partial charge in [0.15, 0.2) is 0 Å². The molecule has 0 aliphatic rings. The molecule has 6 N–H and O–H groups in total. The maximum atomic E-state index is 6.47. The fourth-order valence-electron chi connectivity index (χ4n) is 0. The molecule has 0 aromatic carbocycles. The van der Waals surface area contributed by atoms with Gasteiger partial charge in [0.05, 0.1) is 71.2 Å². The fraction of sp³-hybridized carbons (Fsp3) is 0. The van der Waals surface area contributed by atoms with Crippen LogP contribution in [0.25, 0.3) is 0 Å². The van der Waals surface area contributed by atoms with Gasteiger partial charge in [-0.3, -0.25) is 28.0 Å². The molecule has 0 unspecified atom stereocenters. The maximum absolute atomic E-state index is 6.47. The molecule has 13 heavy (non-hydrogen) atoms. The number of hydrogen-bond acceptors (Lipinski definition) is 6. The first-order chi connectivity index (χ1) is 6.00. The molecule has 0 rings (SSSR count). The molecule has 0 aromatic heterocycles. The van der Waals surface area contributed by atoms with Crippen LogP contribution in [0.4, 0.5) is 0 Å². The Hall–Kier alpha value is 2.98. The van der Waals surface area contributed by atoms with Gasteiger partial charge in [0.25, 0.3) is 0 Å². The van der Waals surface area contributed by atoms with Crippen molar-refractivity contribution in [3.63, 3.8) is 0 Å². The van der Waals surface area contributed by atoms with E-state index in [0.29, 0.717) is 0 Å². The zero-order valence-corrected chi connectivity index (χ0v) is 13.7. The van der Waals surface area contributed by atoms with Crippen LogP contribution in [-0.2, 0) is 0 Å². The first kappa shape index (κ1) is 44.5. The minimum absolute atomic E-state index is 0. The Morgan fingerprint density at radius 1 is 0.385 bits per heavy atom. The molecule has 0 aromatic rings. The van der Waals surface area contributed by atoms with E-state index in [2.05, 4.69) is 71.2 Å². The fourth-order valence-corrected chi connectivity index (χ4v) is 0. The van der Waals surface area contributed by atoms with Crippen molar-refractivity contribution < 1.29 is 30.8 Å². The summed E-state index contributed by atoms with van der Waals surface area (Å²) in [6.07, 6.45) is 0. The summed E-state index contributed by atoms with van der Waals surface area (Å²) < 4.78 is 38.8. The summed E-state index contributed by atoms with van der Waals surface area (Å²) in [7, 11) is 0. The molecule has 0 saturated carbocycles. The standard InChI is InChI=1S/6ClHO.Sr.2H/c6*1-2;;;/h6*2H;;;/q;;;;;;+2;2*-1. The van der Waals surface area contributed by atoms with E-state index in [0.717, 1.165) is 0 Å². The van der Waals surface area contributed by atoms with E-state index in [1.165, 1.54) is 0 Å². The van der Waals surface area contributed by atoms with Crippen LogP contribution in [-0.4, -0.2) is 73.4 Å². The van der Waals surface area contributed by atoms with Crippen LogP contribution in [0.15, 0.2) is 0 Å². The molecule has 0 aliphatic heterocycles. The van der Waals surface area contributed by atoms with Crippen molar-refractivity contribution in [3.8, 4) is 0 Å². The van der Waals surface area contributed by atoms with Crippen molar-refractivity contribution in [2.75, 3.05) is 0 Å². The SMILES string of the molecule is OCl.OCl.OCl.OCl.OCl.OCl.[H-].[H-].[Sr+2]. The van der Waals surface area contributed by atoms with Gasteiger partial charge >= 0.3 is 45.5 Å². The van der Waals surface area contributed by atoms with E-state index in [1.807, 2.05) is 0 Å². The molecular weight excluding hydrogens is 396 g/mol. The van der Waals surface area contributed by atoms with Crippen molar-refractivity contribution in [1.82, 2.24) is 0 Å². The summed E-state index contributed by atoms with van der Waals surface area (Å²) >= 11 is 21.8. The first-order valence-electron chi connectivity index (χ1n) is 1.01. The Labute approximate surface area is 145 Å². The number of rotatable bonds is 0. The van der Waals surface area contributed by atoms with Gasteiger partial charge in [-0.2, -0.15) is 0 Å². The molecule has 0 amide bonds. The molecule has 6 nitrogen and oxygen atoms in total. The second-order valence-electron chi connectivity index (χ2n) is 0. The van der Waals surface area contributed by atoms with Crippen LogP contribution in [0.2, 0.25) is 0 Å². The van der Waals surface area contributed by atoms with Crippen LogP contribution in [0.1, 0.15) is 2.85 Å². The summed E-state index contributed by atoms with van der Waals surface area (Å²) in [5.41, 5.74) is 0. The quantitative estimate of drug-likeness (QED) is 0.330. The van der Waals surface area contributed by atoms with Gasteiger partial charge < -0.3 is 2.85 Å². The van der Waals surface area contributed by atoms with Gasteiger partial charge in [0, 0.05) is 0 Å². The first-order valence-corrected chi connectivity index (χ1v) is 3.04. The van der Waals surface area contributed by atoms with Crippen LogP contribution >= 0.6 is 71.2 Å².